The van der Waals surface area contributed by atoms with Crippen molar-refractivity contribution >= 4 is 23.0 Å². The van der Waals surface area contributed by atoms with Gasteiger partial charge in [-0.2, -0.15) is 0 Å². The van der Waals surface area contributed by atoms with Crippen molar-refractivity contribution in [1.29, 1.82) is 0 Å². The third-order valence-corrected chi connectivity index (χ3v) is 6.13. The van der Waals surface area contributed by atoms with Gasteiger partial charge in [0.25, 0.3) is 0 Å². The molecule has 0 radical (unpaired) electrons. The number of hydrogen-bond acceptors (Lipinski definition) is 2. The molecule has 34 heavy (non-hydrogen) atoms. The first kappa shape index (κ1) is 31.3. The maximum absolute atomic E-state index is 6.33. The van der Waals surface area contributed by atoms with Crippen LogP contribution >= 0.6 is 11.8 Å². The summed E-state index contributed by atoms with van der Waals surface area (Å²) >= 11 is 1.74. The van der Waals surface area contributed by atoms with Gasteiger partial charge in [-0.25, -0.2) is 0 Å². The lowest BCUT2D eigenvalue weighted by molar-refractivity contribution is 1.32. The molecule has 0 amide bonds. The van der Waals surface area contributed by atoms with Crippen molar-refractivity contribution in [2.24, 2.45) is 0 Å². The van der Waals surface area contributed by atoms with E-state index in [1.807, 2.05) is 45.9 Å². The van der Waals surface area contributed by atoms with E-state index in [1.165, 1.54) is 27.2 Å². The molecule has 1 aliphatic rings. The highest BCUT2D eigenvalue weighted by Crippen LogP contribution is 2.39. The number of benzene rings is 1. The summed E-state index contributed by atoms with van der Waals surface area (Å²) < 4.78 is 0. The summed E-state index contributed by atoms with van der Waals surface area (Å²) in [4.78, 5) is 2.33. The van der Waals surface area contributed by atoms with Crippen LogP contribution < -0.4 is 5.73 Å². The Hall–Kier alpha value is -2.71. The van der Waals surface area contributed by atoms with E-state index < -0.39 is 0 Å². The number of thioether (sulfide) groups is 1. The third-order valence-electron chi connectivity index (χ3n) is 5.01. The molecule has 0 saturated carbocycles. The van der Waals surface area contributed by atoms with E-state index in [-0.39, 0.29) is 0 Å². The van der Waals surface area contributed by atoms with Crippen LogP contribution in [0.15, 0.2) is 106 Å². The number of nitrogens with two attached hydrogens (primary N) is 1. The van der Waals surface area contributed by atoms with Gasteiger partial charge in [0.2, 0.25) is 0 Å². The molecule has 0 spiro atoms. The Morgan fingerprint density at radius 3 is 2.18 bits per heavy atom. The van der Waals surface area contributed by atoms with Gasteiger partial charge in [0.1, 0.15) is 0 Å². The zero-order valence-electron chi connectivity index (χ0n) is 22.8. The Kier molecular flexibility index (Phi) is 16.3. The van der Waals surface area contributed by atoms with Crippen LogP contribution in [0.25, 0.3) is 5.57 Å². The first-order chi connectivity index (χ1) is 16.3. The van der Waals surface area contributed by atoms with Crippen LogP contribution in [-0.2, 0) is 0 Å². The van der Waals surface area contributed by atoms with E-state index in [0.717, 1.165) is 28.1 Å². The van der Waals surface area contributed by atoms with Gasteiger partial charge in [-0.15, -0.1) is 0 Å². The Balaban J connectivity index is 0.00000138. The van der Waals surface area contributed by atoms with Gasteiger partial charge in [-0.3, -0.25) is 0 Å². The normalized spacial score (nSPS) is 13.9. The second-order valence-corrected chi connectivity index (χ2v) is 8.93. The summed E-state index contributed by atoms with van der Waals surface area (Å²) in [6.07, 6.45) is 20.2. The molecular weight excluding hydrogens is 430 g/mol. The van der Waals surface area contributed by atoms with Gasteiger partial charge >= 0.3 is 0 Å². The molecule has 1 nitrogen and oxygen atoms in total. The van der Waals surface area contributed by atoms with Crippen molar-refractivity contribution in [3.05, 3.63) is 117 Å². The van der Waals surface area contributed by atoms with E-state index >= 15 is 0 Å². The SMILES string of the molecule is C=C/C(SC1=CCC=C(C)C(/C=C\C)=C1)=C(\C=C/C)c1c(C)cccc1N.CC.CC=C(C)C. The molecule has 0 aromatic heterocycles. The summed E-state index contributed by atoms with van der Waals surface area (Å²) in [7, 11) is 0. The van der Waals surface area contributed by atoms with Crippen LogP contribution in [0.5, 0.6) is 0 Å². The Morgan fingerprint density at radius 2 is 1.68 bits per heavy atom. The molecule has 0 heterocycles. The number of rotatable bonds is 6. The fourth-order valence-corrected chi connectivity index (χ4v) is 4.06. The van der Waals surface area contributed by atoms with E-state index in [2.05, 4.69) is 95.9 Å². The number of aryl methyl sites for hydroxylation is 1. The molecule has 2 heteroatoms. The first-order valence-corrected chi connectivity index (χ1v) is 12.9. The molecule has 0 atom stereocenters. The molecule has 2 rings (SSSR count). The highest BCUT2D eigenvalue weighted by molar-refractivity contribution is 8.07. The zero-order chi connectivity index (χ0) is 26.1. The van der Waals surface area contributed by atoms with Crippen LogP contribution in [0.3, 0.4) is 0 Å². The Labute approximate surface area is 214 Å². The minimum atomic E-state index is 0.792. The van der Waals surface area contributed by atoms with E-state index in [4.69, 9.17) is 5.73 Å². The summed E-state index contributed by atoms with van der Waals surface area (Å²) in [6.45, 7) is 22.6. The van der Waals surface area contributed by atoms with Crippen LogP contribution in [0.2, 0.25) is 0 Å². The lowest BCUT2D eigenvalue weighted by Gasteiger charge is -2.15. The number of nitrogen functional groups attached to an aromatic ring is 1. The Bertz CT molecular complexity index is 983. The van der Waals surface area contributed by atoms with Crippen molar-refractivity contribution in [1.82, 2.24) is 0 Å². The van der Waals surface area contributed by atoms with Crippen LogP contribution in [0, 0.1) is 6.92 Å². The van der Waals surface area contributed by atoms with Crippen molar-refractivity contribution in [3.8, 4) is 0 Å². The van der Waals surface area contributed by atoms with Crippen molar-refractivity contribution in [2.75, 3.05) is 5.73 Å². The van der Waals surface area contributed by atoms with Gasteiger partial charge in [-0.1, -0.05) is 98.5 Å². The van der Waals surface area contributed by atoms with Gasteiger partial charge < -0.3 is 5.73 Å². The lowest BCUT2D eigenvalue weighted by atomic mass is 9.97. The van der Waals surface area contributed by atoms with Crippen molar-refractivity contribution in [3.63, 3.8) is 0 Å². The maximum atomic E-state index is 6.33. The van der Waals surface area contributed by atoms with Crippen LogP contribution in [0.4, 0.5) is 5.69 Å². The van der Waals surface area contributed by atoms with Crippen LogP contribution in [0.1, 0.15) is 72.9 Å². The molecule has 2 N–H and O–H groups in total. The summed E-state index contributed by atoms with van der Waals surface area (Å²) in [5.74, 6) is 0. The minimum Gasteiger partial charge on any atom is -0.398 e. The fourth-order valence-electron chi connectivity index (χ4n) is 3.07. The van der Waals surface area contributed by atoms with Gasteiger partial charge in [-0.05, 0) is 89.3 Å². The number of anilines is 1. The average molecular weight is 476 g/mol. The monoisotopic (exact) mass is 475 g/mol. The predicted molar refractivity (Wildman–Crippen MR) is 161 cm³/mol. The highest BCUT2D eigenvalue weighted by atomic mass is 32.2. The molecule has 0 saturated heterocycles. The lowest BCUT2D eigenvalue weighted by Crippen LogP contribution is -1.97. The van der Waals surface area contributed by atoms with Gasteiger partial charge in [0, 0.05) is 21.1 Å². The van der Waals surface area contributed by atoms with Gasteiger partial charge in [0.15, 0.2) is 0 Å². The van der Waals surface area contributed by atoms with E-state index in [0.29, 0.717) is 0 Å². The largest absolute Gasteiger partial charge is 0.398 e. The van der Waals surface area contributed by atoms with Gasteiger partial charge in [0.05, 0.1) is 0 Å². The molecule has 0 bridgehead atoms. The standard InChI is InChI=1S/C25H29NS.C5H10.C2H6/c1-6-11-20-17-21(15-9-13-18(20)4)27-24(8-3)22(12-7-2)25-19(5)14-10-16-23(25)26;1-4-5(2)3;1-2/h6-8,10-17H,3,9,26H2,1-2,4-5H3;4H,1-3H3;1-2H3/b11-6-,12-7-,24-22-;;. The number of hydrogen-bond donors (Lipinski definition) is 1. The molecule has 1 aromatic rings. The molecule has 1 aromatic carbocycles. The topological polar surface area (TPSA) is 26.0 Å². The Morgan fingerprint density at radius 1 is 1.03 bits per heavy atom. The highest BCUT2D eigenvalue weighted by Gasteiger charge is 2.13. The second-order valence-electron chi connectivity index (χ2n) is 7.82. The smallest absolute Gasteiger partial charge is 0.0396 e. The molecule has 1 aliphatic carbocycles. The molecule has 0 unspecified atom stereocenters. The third kappa shape index (κ3) is 10.5. The average Bonchev–Trinajstić information content (AvgIpc) is 2.99. The van der Waals surface area contributed by atoms with E-state index in [9.17, 15) is 0 Å². The molecule has 0 aliphatic heterocycles. The molecular formula is C32H45NS. The fraction of sp³-hybridized carbons (Fsp3) is 0.312. The zero-order valence-corrected chi connectivity index (χ0v) is 23.6. The van der Waals surface area contributed by atoms with Crippen molar-refractivity contribution in [2.45, 2.75) is 68.7 Å². The predicted octanol–water partition coefficient (Wildman–Crippen LogP) is 10.5. The maximum Gasteiger partial charge on any atom is 0.0396 e. The quantitative estimate of drug-likeness (QED) is 0.251. The summed E-state index contributed by atoms with van der Waals surface area (Å²) in [6, 6.07) is 6.05. The molecule has 184 valence electrons. The first-order valence-electron chi connectivity index (χ1n) is 12.1. The van der Waals surface area contributed by atoms with E-state index in [1.54, 1.807) is 11.8 Å². The second kappa shape index (κ2) is 17.7. The number of allylic oxidation sites excluding steroid dienone is 13. The molecule has 0 fully saturated rings. The minimum absolute atomic E-state index is 0.792. The summed E-state index contributed by atoms with van der Waals surface area (Å²) in [5.41, 5.74) is 14.4. The van der Waals surface area contributed by atoms with Crippen molar-refractivity contribution < 1.29 is 0 Å². The summed E-state index contributed by atoms with van der Waals surface area (Å²) in [5, 5.41) is 0. The van der Waals surface area contributed by atoms with Crippen LogP contribution in [-0.4, -0.2) is 0 Å².